The molecule has 1 N–H and O–H groups in total. The van der Waals surface area contributed by atoms with E-state index in [1.54, 1.807) is 31.3 Å². The molecule has 144 valence electrons. The van der Waals surface area contributed by atoms with E-state index in [1.165, 1.54) is 40.4 Å². The Morgan fingerprint density at radius 1 is 1.22 bits per heavy atom. The molecule has 27 heavy (non-hydrogen) atoms. The summed E-state index contributed by atoms with van der Waals surface area (Å²) in [7, 11) is -2.14. The summed E-state index contributed by atoms with van der Waals surface area (Å²) in [6.45, 7) is 2.66. The molecule has 1 atom stereocenters. The molecule has 0 spiro atoms. The monoisotopic (exact) mass is 391 g/mol. The fourth-order valence-corrected chi connectivity index (χ4v) is 4.74. The zero-order chi connectivity index (χ0) is 19.6. The lowest BCUT2D eigenvalue weighted by Crippen LogP contribution is -2.48. The number of hydrogen-bond donors (Lipinski definition) is 1. The number of rotatable bonds is 4. The van der Waals surface area contributed by atoms with Gasteiger partial charge in [0, 0.05) is 39.3 Å². The Morgan fingerprint density at radius 2 is 1.93 bits per heavy atom. The summed E-state index contributed by atoms with van der Waals surface area (Å²) in [5, 5.41) is 3.17. The van der Waals surface area contributed by atoms with E-state index in [4.69, 9.17) is 0 Å². The lowest BCUT2D eigenvalue weighted by molar-refractivity contribution is -0.116. The van der Waals surface area contributed by atoms with E-state index in [-0.39, 0.29) is 10.8 Å². The van der Waals surface area contributed by atoms with Crippen molar-refractivity contribution in [3.05, 3.63) is 59.9 Å². The average molecular weight is 391 g/mol. The number of halogens is 1. The Hall–Kier alpha value is -2.29. The highest BCUT2D eigenvalue weighted by molar-refractivity contribution is 7.89. The van der Waals surface area contributed by atoms with Crippen LogP contribution in [0.15, 0.2) is 53.4 Å². The van der Waals surface area contributed by atoms with Crippen molar-refractivity contribution in [3.63, 3.8) is 0 Å². The molecule has 1 amide bonds. The number of sulfonamides is 1. The van der Waals surface area contributed by atoms with Gasteiger partial charge in [0.25, 0.3) is 0 Å². The van der Waals surface area contributed by atoms with Gasteiger partial charge in [-0.3, -0.25) is 4.79 Å². The number of carbonyl (C=O) groups is 1. The van der Waals surface area contributed by atoms with Gasteiger partial charge in [0.15, 0.2) is 0 Å². The molecule has 2 aromatic rings. The van der Waals surface area contributed by atoms with Crippen molar-refractivity contribution in [1.82, 2.24) is 9.62 Å². The lowest BCUT2D eigenvalue weighted by atomic mass is 10.1. The molecule has 1 aliphatic rings. The molecule has 0 saturated carbocycles. The first kappa shape index (κ1) is 19.5. The Morgan fingerprint density at radius 3 is 2.56 bits per heavy atom. The fraction of sp³-hybridized carbons (Fsp3) is 0.316. The molecule has 1 unspecified atom stereocenters. The Balaban J connectivity index is 1.93. The number of nitrogens with one attached hydrogen (secondary N) is 1. The molecule has 3 rings (SSSR count). The quantitative estimate of drug-likeness (QED) is 0.867. The Bertz CT molecular complexity index is 931. The molecule has 2 aromatic carbocycles. The summed E-state index contributed by atoms with van der Waals surface area (Å²) in [4.78, 5) is 13.0. The van der Waals surface area contributed by atoms with Crippen molar-refractivity contribution in [2.24, 2.45) is 0 Å². The fourth-order valence-electron chi connectivity index (χ4n) is 3.13. The van der Waals surface area contributed by atoms with Crippen LogP contribution in [0.1, 0.15) is 18.5 Å². The smallest absolute Gasteiger partial charge is 0.243 e. The normalized spacial score (nSPS) is 18.3. The highest BCUT2D eigenvalue weighted by Gasteiger charge is 2.34. The zero-order valence-corrected chi connectivity index (χ0v) is 16.0. The van der Waals surface area contributed by atoms with Gasteiger partial charge >= 0.3 is 0 Å². The van der Waals surface area contributed by atoms with Crippen molar-refractivity contribution in [2.45, 2.75) is 17.9 Å². The maximum Gasteiger partial charge on any atom is 0.243 e. The second-order valence-corrected chi connectivity index (χ2v) is 8.35. The first-order chi connectivity index (χ1) is 12.8. The van der Waals surface area contributed by atoms with Gasteiger partial charge in [-0.15, -0.1) is 0 Å². The standard InChI is InChI=1S/C19H22FN3O3S/c1-14(24)22(2)17-6-8-18(9-7-17)27(25,26)23-11-10-21-13-19(23)15-4-3-5-16(20)12-15/h3-9,12,19,21H,10-11,13H2,1-2H3. The van der Waals surface area contributed by atoms with Gasteiger partial charge in [-0.25, -0.2) is 12.8 Å². The minimum Gasteiger partial charge on any atom is -0.316 e. The molecule has 8 heteroatoms. The van der Waals surface area contributed by atoms with Crippen molar-refractivity contribution in [2.75, 3.05) is 31.6 Å². The number of hydrogen-bond acceptors (Lipinski definition) is 4. The number of amides is 1. The van der Waals surface area contributed by atoms with Crippen LogP contribution in [0.5, 0.6) is 0 Å². The van der Waals surface area contributed by atoms with Crippen molar-refractivity contribution in [3.8, 4) is 0 Å². The third-order valence-corrected chi connectivity index (χ3v) is 6.65. The van der Waals surface area contributed by atoms with Crippen molar-refractivity contribution >= 4 is 21.6 Å². The molecular formula is C19H22FN3O3S. The van der Waals surface area contributed by atoms with Crippen LogP contribution >= 0.6 is 0 Å². The molecule has 1 fully saturated rings. The predicted molar refractivity (Wildman–Crippen MR) is 101 cm³/mol. The highest BCUT2D eigenvalue weighted by atomic mass is 32.2. The average Bonchev–Trinajstić information content (AvgIpc) is 2.67. The Kier molecular flexibility index (Phi) is 5.59. The number of carbonyl (C=O) groups excluding carboxylic acids is 1. The van der Waals surface area contributed by atoms with Crippen LogP contribution in [-0.2, 0) is 14.8 Å². The van der Waals surface area contributed by atoms with Gasteiger partial charge in [-0.05, 0) is 42.0 Å². The van der Waals surface area contributed by atoms with E-state index >= 15 is 0 Å². The molecule has 0 radical (unpaired) electrons. The first-order valence-electron chi connectivity index (χ1n) is 8.63. The van der Waals surface area contributed by atoms with Gasteiger partial charge in [-0.2, -0.15) is 4.31 Å². The van der Waals surface area contributed by atoms with Crippen LogP contribution in [0.4, 0.5) is 10.1 Å². The van der Waals surface area contributed by atoms with Crippen LogP contribution in [0.25, 0.3) is 0 Å². The summed E-state index contributed by atoms with van der Waals surface area (Å²) in [6.07, 6.45) is 0. The number of anilines is 1. The summed E-state index contributed by atoms with van der Waals surface area (Å²) in [6, 6.07) is 11.7. The van der Waals surface area contributed by atoms with Crippen molar-refractivity contribution < 1.29 is 17.6 Å². The minimum atomic E-state index is -3.77. The third-order valence-electron chi connectivity index (χ3n) is 4.73. The van der Waals surface area contributed by atoms with Crippen molar-refractivity contribution in [1.29, 1.82) is 0 Å². The largest absolute Gasteiger partial charge is 0.316 e. The maximum absolute atomic E-state index is 13.6. The van der Waals surface area contributed by atoms with Crippen LogP contribution in [0, 0.1) is 5.82 Å². The molecule has 0 bridgehead atoms. The van der Waals surface area contributed by atoms with E-state index in [1.807, 2.05) is 0 Å². The number of benzene rings is 2. The van der Waals surface area contributed by atoms with Gasteiger partial charge in [-0.1, -0.05) is 12.1 Å². The summed E-state index contributed by atoms with van der Waals surface area (Å²) in [5.41, 5.74) is 1.22. The van der Waals surface area contributed by atoms with E-state index < -0.39 is 21.9 Å². The molecule has 1 aliphatic heterocycles. The summed E-state index contributed by atoms with van der Waals surface area (Å²) in [5.74, 6) is -0.536. The van der Waals surface area contributed by atoms with Crippen LogP contribution in [-0.4, -0.2) is 45.3 Å². The maximum atomic E-state index is 13.6. The number of piperazine rings is 1. The second-order valence-electron chi connectivity index (χ2n) is 6.46. The summed E-state index contributed by atoms with van der Waals surface area (Å²) >= 11 is 0. The van der Waals surface area contributed by atoms with Gasteiger partial charge in [0.1, 0.15) is 5.82 Å². The topological polar surface area (TPSA) is 69.7 Å². The van der Waals surface area contributed by atoms with E-state index in [0.29, 0.717) is 30.9 Å². The predicted octanol–water partition coefficient (Wildman–Crippen LogP) is 2.14. The van der Waals surface area contributed by atoms with Gasteiger partial charge in [0.05, 0.1) is 10.9 Å². The lowest BCUT2D eigenvalue weighted by Gasteiger charge is -2.35. The molecule has 0 aromatic heterocycles. The molecule has 0 aliphatic carbocycles. The molecule has 1 saturated heterocycles. The minimum absolute atomic E-state index is 0.140. The first-order valence-corrected chi connectivity index (χ1v) is 10.1. The zero-order valence-electron chi connectivity index (χ0n) is 15.2. The van der Waals surface area contributed by atoms with E-state index in [9.17, 15) is 17.6 Å². The van der Waals surface area contributed by atoms with Crippen LogP contribution < -0.4 is 10.2 Å². The number of nitrogens with zero attached hydrogens (tertiary/aromatic N) is 2. The SMILES string of the molecule is CC(=O)N(C)c1ccc(S(=O)(=O)N2CCNCC2c2cccc(F)c2)cc1. The highest BCUT2D eigenvalue weighted by Crippen LogP contribution is 2.30. The van der Waals surface area contributed by atoms with Gasteiger partial charge < -0.3 is 10.2 Å². The second kappa shape index (κ2) is 7.75. The van der Waals surface area contributed by atoms with E-state index in [0.717, 1.165) is 0 Å². The van der Waals surface area contributed by atoms with Crippen LogP contribution in [0.2, 0.25) is 0 Å². The molecule has 6 nitrogen and oxygen atoms in total. The van der Waals surface area contributed by atoms with Gasteiger partial charge in [0.2, 0.25) is 15.9 Å². The molecule has 1 heterocycles. The van der Waals surface area contributed by atoms with Crippen LogP contribution in [0.3, 0.4) is 0 Å². The molecular weight excluding hydrogens is 369 g/mol. The summed E-state index contributed by atoms with van der Waals surface area (Å²) < 4.78 is 41.4. The van der Waals surface area contributed by atoms with E-state index in [2.05, 4.69) is 5.32 Å². The Labute approximate surface area is 158 Å². The third kappa shape index (κ3) is 4.02.